The van der Waals surface area contributed by atoms with Crippen LogP contribution < -0.4 is 4.74 Å². The topological polar surface area (TPSA) is 71.7 Å². The van der Waals surface area contributed by atoms with Crippen molar-refractivity contribution in [1.29, 1.82) is 0 Å². The number of hydrogen-bond acceptors (Lipinski definition) is 6. The fourth-order valence-electron chi connectivity index (χ4n) is 4.40. The number of ether oxygens (including phenoxy) is 1. The third kappa shape index (κ3) is 4.39. The molecule has 0 radical (unpaired) electrons. The quantitative estimate of drug-likeness (QED) is 0.441. The third-order valence-corrected chi connectivity index (χ3v) is 6.42. The lowest BCUT2D eigenvalue weighted by Crippen LogP contribution is -2.48. The van der Waals surface area contributed by atoms with Crippen LogP contribution in [0.3, 0.4) is 0 Å². The van der Waals surface area contributed by atoms with Gasteiger partial charge in [-0.25, -0.2) is 4.98 Å². The van der Waals surface area contributed by atoms with Crippen molar-refractivity contribution in [2.45, 2.75) is 20.4 Å². The SMILES string of the molecule is COc1ccc(-c2cc(C(=O)N3CCN(Cc4ccc(C)cc4)CC3)c3c(C)noc3n2)cc1. The molecule has 5 rings (SSSR count). The van der Waals surface area contributed by atoms with E-state index in [9.17, 15) is 4.79 Å². The molecule has 2 aromatic carbocycles. The Morgan fingerprint density at radius 1 is 1.00 bits per heavy atom. The summed E-state index contributed by atoms with van der Waals surface area (Å²) < 4.78 is 10.7. The molecule has 0 saturated carbocycles. The molecule has 1 saturated heterocycles. The lowest BCUT2D eigenvalue weighted by atomic mass is 10.0. The van der Waals surface area contributed by atoms with E-state index in [1.165, 1.54) is 11.1 Å². The molecule has 0 aliphatic carbocycles. The highest BCUT2D eigenvalue weighted by Crippen LogP contribution is 2.29. The van der Waals surface area contributed by atoms with Gasteiger partial charge in [0.15, 0.2) is 0 Å². The number of aryl methyl sites for hydroxylation is 2. The van der Waals surface area contributed by atoms with Crippen molar-refractivity contribution in [3.8, 4) is 17.0 Å². The van der Waals surface area contributed by atoms with Crippen molar-refractivity contribution < 1.29 is 14.1 Å². The minimum Gasteiger partial charge on any atom is -0.497 e. The number of carbonyl (C=O) groups is 1. The van der Waals surface area contributed by atoms with E-state index in [-0.39, 0.29) is 5.91 Å². The van der Waals surface area contributed by atoms with Gasteiger partial charge in [-0.3, -0.25) is 9.69 Å². The maximum Gasteiger partial charge on any atom is 0.259 e. The molecule has 1 aliphatic rings. The molecule has 7 heteroatoms. The van der Waals surface area contributed by atoms with E-state index in [1.54, 1.807) is 7.11 Å². The first-order valence-corrected chi connectivity index (χ1v) is 11.5. The monoisotopic (exact) mass is 456 g/mol. The van der Waals surface area contributed by atoms with Gasteiger partial charge in [-0.05, 0) is 49.7 Å². The largest absolute Gasteiger partial charge is 0.497 e. The molecule has 174 valence electrons. The lowest BCUT2D eigenvalue weighted by Gasteiger charge is -2.35. The fraction of sp³-hybridized carbons (Fsp3) is 0.296. The summed E-state index contributed by atoms with van der Waals surface area (Å²) in [5.41, 5.74) is 5.76. The maximum atomic E-state index is 13.6. The van der Waals surface area contributed by atoms with Crippen LogP contribution >= 0.6 is 0 Å². The van der Waals surface area contributed by atoms with Gasteiger partial charge in [0.25, 0.3) is 11.6 Å². The number of amides is 1. The lowest BCUT2D eigenvalue weighted by molar-refractivity contribution is 0.0630. The Hall–Kier alpha value is -3.71. The van der Waals surface area contributed by atoms with Crippen LogP contribution in [0.25, 0.3) is 22.4 Å². The third-order valence-electron chi connectivity index (χ3n) is 6.42. The van der Waals surface area contributed by atoms with E-state index in [4.69, 9.17) is 9.26 Å². The van der Waals surface area contributed by atoms with Crippen LogP contribution in [-0.2, 0) is 6.54 Å². The van der Waals surface area contributed by atoms with E-state index >= 15 is 0 Å². The zero-order chi connectivity index (χ0) is 23.7. The number of nitrogens with zero attached hydrogens (tertiary/aromatic N) is 4. The molecule has 1 aliphatic heterocycles. The molecule has 0 atom stereocenters. The number of aromatic nitrogens is 2. The van der Waals surface area contributed by atoms with E-state index in [2.05, 4.69) is 46.2 Å². The smallest absolute Gasteiger partial charge is 0.259 e. The molecule has 34 heavy (non-hydrogen) atoms. The van der Waals surface area contributed by atoms with Gasteiger partial charge >= 0.3 is 0 Å². The van der Waals surface area contributed by atoms with Crippen LogP contribution in [0.15, 0.2) is 59.1 Å². The van der Waals surface area contributed by atoms with Crippen LogP contribution in [0.1, 0.15) is 27.2 Å². The molecule has 0 spiro atoms. The van der Waals surface area contributed by atoms with Gasteiger partial charge in [-0.15, -0.1) is 0 Å². The average Bonchev–Trinajstić information content (AvgIpc) is 3.25. The Kier molecular flexibility index (Phi) is 6.02. The standard InChI is InChI=1S/C27H28N4O3/c1-18-4-6-20(7-5-18)17-30-12-14-31(15-13-30)27(32)23-16-24(21-8-10-22(33-3)11-9-21)28-26-25(23)19(2)29-34-26/h4-11,16H,12-15,17H2,1-3H3. The van der Waals surface area contributed by atoms with Gasteiger partial charge in [0.05, 0.1) is 29.4 Å². The first-order chi connectivity index (χ1) is 16.5. The van der Waals surface area contributed by atoms with Gasteiger partial charge in [-0.1, -0.05) is 35.0 Å². The summed E-state index contributed by atoms with van der Waals surface area (Å²) in [6, 6.07) is 18.1. The first kappa shape index (κ1) is 22.1. The Bertz CT molecular complexity index is 1300. The van der Waals surface area contributed by atoms with Crippen LogP contribution in [-0.4, -0.2) is 59.1 Å². The Morgan fingerprint density at radius 2 is 1.71 bits per heavy atom. The molecule has 1 amide bonds. The van der Waals surface area contributed by atoms with Gasteiger partial charge in [0.2, 0.25) is 0 Å². The number of fused-ring (bicyclic) bond motifs is 1. The second-order valence-electron chi connectivity index (χ2n) is 8.79. The molecule has 3 heterocycles. The second kappa shape index (κ2) is 9.27. The second-order valence-corrected chi connectivity index (χ2v) is 8.79. The van der Waals surface area contributed by atoms with Crippen molar-refractivity contribution in [3.63, 3.8) is 0 Å². The van der Waals surface area contributed by atoms with E-state index in [1.807, 2.05) is 42.2 Å². The zero-order valence-electron chi connectivity index (χ0n) is 19.7. The molecule has 4 aromatic rings. The summed E-state index contributed by atoms with van der Waals surface area (Å²) in [4.78, 5) is 22.6. The van der Waals surface area contributed by atoms with Crippen LogP contribution in [0.4, 0.5) is 0 Å². The van der Waals surface area contributed by atoms with E-state index in [0.29, 0.717) is 41.1 Å². The number of benzene rings is 2. The van der Waals surface area contributed by atoms with Crippen molar-refractivity contribution in [2.75, 3.05) is 33.3 Å². The Balaban J connectivity index is 1.37. The Labute approximate surface area is 198 Å². The summed E-state index contributed by atoms with van der Waals surface area (Å²) in [5, 5.41) is 4.76. The average molecular weight is 457 g/mol. The minimum atomic E-state index is -0.0107. The van der Waals surface area contributed by atoms with Crippen LogP contribution in [0, 0.1) is 13.8 Å². The number of methoxy groups -OCH3 is 1. The minimum absolute atomic E-state index is 0.0107. The maximum absolute atomic E-state index is 13.6. The van der Waals surface area contributed by atoms with Crippen LogP contribution in [0.5, 0.6) is 5.75 Å². The van der Waals surface area contributed by atoms with Crippen molar-refractivity contribution >= 4 is 17.0 Å². The summed E-state index contributed by atoms with van der Waals surface area (Å²) in [6.07, 6.45) is 0. The van der Waals surface area contributed by atoms with Gasteiger partial charge in [0.1, 0.15) is 5.75 Å². The fourth-order valence-corrected chi connectivity index (χ4v) is 4.40. The molecule has 0 unspecified atom stereocenters. The summed E-state index contributed by atoms with van der Waals surface area (Å²) in [5.74, 6) is 0.753. The zero-order valence-corrected chi connectivity index (χ0v) is 19.7. The number of piperazine rings is 1. The van der Waals surface area contributed by atoms with Crippen LogP contribution in [0.2, 0.25) is 0 Å². The molecule has 2 aromatic heterocycles. The number of hydrogen-bond donors (Lipinski definition) is 0. The van der Waals surface area contributed by atoms with Crippen molar-refractivity contribution in [1.82, 2.24) is 19.9 Å². The summed E-state index contributed by atoms with van der Waals surface area (Å²) in [6.45, 7) is 7.86. The highest BCUT2D eigenvalue weighted by Gasteiger charge is 2.26. The summed E-state index contributed by atoms with van der Waals surface area (Å²) in [7, 11) is 1.63. The normalized spacial score (nSPS) is 14.5. The molecular weight excluding hydrogens is 428 g/mol. The molecular formula is C27H28N4O3. The first-order valence-electron chi connectivity index (χ1n) is 11.5. The van der Waals surface area contributed by atoms with Gasteiger partial charge < -0.3 is 14.2 Å². The van der Waals surface area contributed by atoms with E-state index < -0.39 is 0 Å². The number of carbonyl (C=O) groups excluding carboxylic acids is 1. The molecule has 0 N–H and O–H groups in total. The molecule has 7 nitrogen and oxygen atoms in total. The summed E-state index contributed by atoms with van der Waals surface area (Å²) >= 11 is 0. The van der Waals surface area contributed by atoms with Gasteiger partial charge in [-0.2, -0.15) is 0 Å². The van der Waals surface area contributed by atoms with Crippen molar-refractivity contribution in [2.24, 2.45) is 0 Å². The van der Waals surface area contributed by atoms with Gasteiger partial charge in [0, 0.05) is 38.3 Å². The van der Waals surface area contributed by atoms with E-state index in [0.717, 1.165) is 30.9 Å². The molecule has 1 fully saturated rings. The highest BCUT2D eigenvalue weighted by molar-refractivity contribution is 6.07. The predicted octanol–water partition coefficient (Wildman–Crippen LogP) is 4.47. The molecule has 0 bridgehead atoms. The number of rotatable bonds is 5. The highest BCUT2D eigenvalue weighted by atomic mass is 16.5. The Morgan fingerprint density at radius 3 is 2.38 bits per heavy atom. The van der Waals surface area contributed by atoms with Crippen molar-refractivity contribution in [3.05, 3.63) is 77.0 Å². The number of pyridine rings is 1. The predicted molar refractivity (Wildman–Crippen MR) is 131 cm³/mol.